The molecule has 0 bridgehead atoms. The lowest BCUT2D eigenvalue weighted by Gasteiger charge is -2.34. The Morgan fingerprint density at radius 1 is 1.08 bits per heavy atom. The molecule has 202 valence electrons. The monoisotopic (exact) mass is 519 g/mol. The molecular weight excluding hydrogens is 482 g/mol. The summed E-state index contributed by atoms with van der Waals surface area (Å²) < 4.78 is 4.80. The van der Waals surface area contributed by atoms with Crippen molar-refractivity contribution >= 4 is 17.8 Å². The van der Waals surface area contributed by atoms with E-state index >= 15 is 0 Å². The van der Waals surface area contributed by atoms with E-state index in [0.717, 1.165) is 25.7 Å². The first-order valence-electron chi connectivity index (χ1n) is 13.2. The number of carbonyl (C=O) groups is 3. The molecule has 0 radical (unpaired) electrons. The summed E-state index contributed by atoms with van der Waals surface area (Å²) in [5.74, 6) is -0.284. The van der Waals surface area contributed by atoms with Gasteiger partial charge in [0.2, 0.25) is 11.8 Å². The average Bonchev–Trinajstić information content (AvgIpc) is 3.18. The van der Waals surface area contributed by atoms with Crippen LogP contribution in [0.1, 0.15) is 61.1 Å². The number of hydrogen-bond donors (Lipinski definition) is 1. The zero-order valence-electron chi connectivity index (χ0n) is 21.9. The largest absolute Gasteiger partial charge is 0.469 e. The van der Waals surface area contributed by atoms with E-state index in [4.69, 9.17) is 10.00 Å². The number of rotatable bonds is 11. The van der Waals surface area contributed by atoms with Gasteiger partial charge in [-0.3, -0.25) is 14.4 Å². The molecule has 1 heterocycles. The Morgan fingerprint density at radius 2 is 1.79 bits per heavy atom. The molecule has 2 atom stereocenters. The standard InChI is InChI=1S/C30H35N3O4.H2O/c1-37-28(34)19-26-18-27(33(30(26)36)15-5-8-21-6-3-2-4-7-21)13-14-32-29(35)25-16-24(17-25)23-11-9-22(20-31)10-12-23;/h2-4,6-7,9-12,24-27H,5,8,13-19H2,1H3,(H,32,35);1H2/t24-,25-,26-,27+;/m0./s1. The summed E-state index contributed by atoms with van der Waals surface area (Å²) in [6.07, 6.45) is 4.75. The van der Waals surface area contributed by atoms with Crippen molar-refractivity contribution in [2.75, 3.05) is 20.2 Å². The number of methoxy groups -OCH3 is 1. The van der Waals surface area contributed by atoms with Gasteiger partial charge in [-0.15, -0.1) is 0 Å². The van der Waals surface area contributed by atoms with Gasteiger partial charge in [-0.1, -0.05) is 42.5 Å². The maximum Gasteiger partial charge on any atom is 0.306 e. The van der Waals surface area contributed by atoms with E-state index < -0.39 is 0 Å². The van der Waals surface area contributed by atoms with E-state index in [0.29, 0.717) is 37.4 Å². The number of aryl methyl sites for hydroxylation is 1. The van der Waals surface area contributed by atoms with Gasteiger partial charge in [0.1, 0.15) is 0 Å². The van der Waals surface area contributed by atoms with Gasteiger partial charge < -0.3 is 20.4 Å². The number of carbonyl (C=O) groups excluding carboxylic acids is 3. The van der Waals surface area contributed by atoms with Crippen molar-refractivity contribution in [3.63, 3.8) is 0 Å². The van der Waals surface area contributed by atoms with Crippen LogP contribution in [0.4, 0.5) is 0 Å². The minimum atomic E-state index is -0.363. The Kier molecular flexibility index (Phi) is 10.4. The van der Waals surface area contributed by atoms with E-state index in [1.807, 2.05) is 47.4 Å². The fraction of sp³-hybridized carbons (Fsp3) is 0.467. The Morgan fingerprint density at radius 3 is 2.45 bits per heavy atom. The maximum atomic E-state index is 13.1. The van der Waals surface area contributed by atoms with E-state index in [1.165, 1.54) is 18.2 Å². The van der Waals surface area contributed by atoms with Crippen molar-refractivity contribution in [1.29, 1.82) is 5.26 Å². The van der Waals surface area contributed by atoms with Gasteiger partial charge in [-0.2, -0.15) is 5.26 Å². The molecule has 0 aromatic heterocycles. The second-order valence-electron chi connectivity index (χ2n) is 10.2. The first-order chi connectivity index (χ1) is 18.0. The van der Waals surface area contributed by atoms with Crippen LogP contribution in [0.25, 0.3) is 0 Å². The first kappa shape index (κ1) is 28.9. The Labute approximate surface area is 224 Å². The predicted molar refractivity (Wildman–Crippen MR) is 143 cm³/mol. The van der Waals surface area contributed by atoms with Crippen LogP contribution >= 0.6 is 0 Å². The van der Waals surface area contributed by atoms with Gasteiger partial charge in [0, 0.05) is 25.0 Å². The van der Waals surface area contributed by atoms with Crippen molar-refractivity contribution in [2.24, 2.45) is 11.8 Å². The molecule has 2 amide bonds. The quantitative estimate of drug-likeness (QED) is 0.456. The number of nitriles is 1. The molecule has 2 aromatic carbocycles. The zero-order valence-corrected chi connectivity index (χ0v) is 21.9. The molecule has 0 unspecified atom stereocenters. The highest BCUT2D eigenvalue weighted by atomic mass is 16.5. The number of ether oxygens (including phenoxy) is 1. The summed E-state index contributed by atoms with van der Waals surface area (Å²) in [7, 11) is 1.35. The summed E-state index contributed by atoms with van der Waals surface area (Å²) in [4.78, 5) is 39.5. The number of nitrogens with zero attached hydrogens (tertiary/aromatic N) is 2. The van der Waals surface area contributed by atoms with E-state index in [2.05, 4.69) is 23.5 Å². The summed E-state index contributed by atoms with van der Waals surface area (Å²) in [5, 5.41) is 12.0. The number of hydrogen-bond acceptors (Lipinski definition) is 5. The first-order valence-corrected chi connectivity index (χ1v) is 13.2. The highest BCUT2D eigenvalue weighted by molar-refractivity contribution is 5.86. The second-order valence-corrected chi connectivity index (χ2v) is 10.2. The van der Waals surface area contributed by atoms with Crippen molar-refractivity contribution < 1.29 is 24.6 Å². The lowest BCUT2D eigenvalue weighted by atomic mass is 9.71. The molecule has 1 aliphatic heterocycles. The molecule has 2 aliphatic rings. The molecule has 4 rings (SSSR count). The Hall–Kier alpha value is -3.70. The molecule has 2 aromatic rings. The molecule has 0 spiro atoms. The molecule has 1 saturated heterocycles. The predicted octanol–water partition coefficient (Wildman–Crippen LogP) is 3.15. The third-order valence-corrected chi connectivity index (χ3v) is 7.77. The van der Waals surface area contributed by atoms with Gasteiger partial charge in [0.15, 0.2) is 0 Å². The van der Waals surface area contributed by atoms with Gasteiger partial charge >= 0.3 is 5.97 Å². The van der Waals surface area contributed by atoms with Crippen molar-refractivity contribution in [3.8, 4) is 6.07 Å². The van der Waals surface area contributed by atoms with Crippen LogP contribution < -0.4 is 5.32 Å². The minimum absolute atomic E-state index is 0. The molecule has 8 nitrogen and oxygen atoms in total. The molecule has 1 aliphatic carbocycles. The second kappa shape index (κ2) is 13.7. The molecular formula is C30H37N3O5. The number of benzene rings is 2. The molecule has 3 N–H and O–H groups in total. The summed E-state index contributed by atoms with van der Waals surface area (Å²) in [5.41, 5.74) is 3.06. The van der Waals surface area contributed by atoms with Crippen LogP contribution in [-0.4, -0.2) is 54.4 Å². The Bertz CT molecular complexity index is 1120. The molecule has 8 heteroatoms. The summed E-state index contributed by atoms with van der Waals surface area (Å²) in [6.45, 7) is 1.15. The third kappa shape index (κ3) is 7.20. The van der Waals surface area contributed by atoms with Crippen LogP contribution in [0.2, 0.25) is 0 Å². The average molecular weight is 520 g/mol. The topological polar surface area (TPSA) is 131 Å². The van der Waals surface area contributed by atoms with E-state index in [9.17, 15) is 14.4 Å². The fourth-order valence-electron chi connectivity index (χ4n) is 5.53. The SMILES string of the molecule is COC(=O)C[C@@H]1C[C@@H](CCNC(=O)[C@H]2C[C@H](c3ccc(C#N)cc3)C2)N(CCCc2ccccc2)C1=O.O. The minimum Gasteiger partial charge on any atom is -0.469 e. The Balaban J connectivity index is 0.00000400. The number of amides is 2. The van der Waals surface area contributed by atoms with Crippen LogP contribution in [0.15, 0.2) is 54.6 Å². The fourth-order valence-corrected chi connectivity index (χ4v) is 5.53. The lowest BCUT2D eigenvalue weighted by Crippen LogP contribution is -2.41. The van der Waals surface area contributed by atoms with Gasteiger partial charge in [0.05, 0.1) is 31.1 Å². The molecule has 2 fully saturated rings. The van der Waals surface area contributed by atoms with Crippen LogP contribution in [0.3, 0.4) is 0 Å². The third-order valence-electron chi connectivity index (χ3n) is 7.77. The van der Waals surface area contributed by atoms with Crippen molar-refractivity contribution in [2.45, 2.75) is 56.9 Å². The van der Waals surface area contributed by atoms with E-state index in [1.54, 1.807) is 0 Å². The van der Waals surface area contributed by atoms with Crippen LogP contribution in [0, 0.1) is 23.2 Å². The highest BCUT2D eigenvalue weighted by Gasteiger charge is 2.40. The van der Waals surface area contributed by atoms with E-state index in [-0.39, 0.29) is 47.6 Å². The van der Waals surface area contributed by atoms with Crippen molar-refractivity contribution in [1.82, 2.24) is 10.2 Å². The van der Waals surface area contributed by atoms with Gasteiger partial charge in [-0.05, 0) is 67.7 Å². The van der Waals surface area contributed by atoms with Crippen molar-refractivity contribution in [3.05, 3.63) is 71.3 Å². The number of esters is 1. The zero-order chi connectivity index (χ0) is 26.2. The maximum absolute atomic E-state index is 13.1. The molecule has 38 heavy (non-hydrogen) atoms. The van der Waals surface area contributed by atoms with Gasteiger partial charge in [-0.25, -0.2) is 0 Å². The number of likely N-dealkylation sites (tertiary alicyclic amines) is 1. The lowest BCUT2D eigenvalue weighted by molar-refractivity contribution is -0.144. The normalized spacial score (nSPS) is 22.1. The van der Waals surface area contributed by atoms with Crippen LogP contribution in [0.5, 0.6) is 0 Å². The molecule has 1 saturated carbocycles. The number of nitrogens with one attached hydrogen (secondary N) is 1. The van der Waals surface area contributed by atoms with Gasteiger partial charge in [0.25, 0.3) is 0 Å². The summed E-state index contributed by atoms with van der Waals surface area (Å²) >= 11 is 0. The summed E-state index contributed by atoms with van der Waals surface area (Å²) in [6, 6.07) is 19.9. The smallest absolute Gasteiger partial charge is 0.306 e. The highest BCUT2D eigenvalue weighted by Crippen LogP contribution is 2.41. The van der Waals surface area contributed by atoms with Crippen LogP contribution in [-0.2, 0) is 25.5 Å².